The van der Waals surface area contributed by atoms with E-state index in [1.807, 2.05) is 36.4 Å². The summed E-state index contributed by atoms with van der Waals surface area (Å²) in [5.74, 6) is 1.67. The van der Waals surface area contributed by atoms with E-state index in [2.05, 4.69) is 15.2 Å². The summed E-state index contributed by atoms with van der Waals surface area (Å²) in [6.45, 7) is 2.26. The van der Waals surface area contributed by atoms with Crippen molar-refractivity contribution < 1.29 is 14.6 Å². The number of aromatic hydroxyl groups is 1. The molecule has 0 bridgehead atoms. The highest BCUT2D eigenvalue weighted by Crippen LogP contribution is 2.32. The minimum atomic E-state index is -0.0190. The van der Waals surface area contributed by atoms with Gasteiger partial charge >= 0.3 is 0 Å². The molecule has 1 saturated heterocycles. The van der Waals surface area contributed by atoms with Gasteiger partial charge in [0, 0.05) is 24.2 Å². The van der Waals surface area contributed by atoms with Gasteiger partial charge in [0.15, 0.2) is 0 Å². The number of carbonyl (C=O) groups excluding carboxylic acids is 1. The summed E-state index contributed by atoms with van der Waals surface area (Å²) in [7, 11) is 1.64. The summed E-state index contributed by atoms with van der Waals surface area (Å²) in [5, 5.41) is 15.4. The molecule has 29 heavy (non-hydrogen) atoms. The lowest BCUT2D eigenvalue weighted by Gasteiger charge is -2.31. The van der Waals surface area contributed by atoms with Gasteiger partial charge in [-0.25, -0.2) is 4.98 Å². The van der Waals surface area contributed by atoms with Gasteiger partial charge in [-0.2, -0.15) is 0 Å². The standard InChI is InChI=1S/C23H25N3O3/c1-29-18-7-5-16-6-8-21(27)20(19(16)14-18)15-26-12-9-17(10-13-26)23(28)25-22-4-2-3-11-24-22/h2-8,11,14,17,27H,9-10,12-13,15H2,1H3,(H,24,25,28). The predicted molar refractivity (Wildman–Crippen MR) is 113 cm³/mol. The lowest BCUT2D eigenvalue weighted by molar-refractivity contribution is -0.121. The minimum absolute atomic E-state index is 0.0190. The Labute approximate surface area is 170 Å². The van der Waals surface area contributed by atoms with Crippen LogP contribution in [0.5, 0.6) is 11.5 Å². The van der Waals surface area contributed by atoms with E-state index in [0.29, 0.717) is 18.1 Å². The first-order chi connectivity index (χ1) is 14.1. The molecule has 150 valence electrons. The second-order valence-corrected chi connectivity index (χ2v) is 7.40. The van der Waals surface area contributed by atoms with Crippen LogP contribution in [0.2, 0.25) is 0 Å². The molecule has 0 radical (unpaired) electrons. The molecule has 1 aliphatic rings. The van der Waals surface area contributed by atoms with Crippen LogP contribution < -0.4 is 10.1 Å². The number of methoxy groups -OCH3 is 1. The first-order valence-electron chi connectivity index (χ1n) is 9.87. The van der Waals surface area contributed by atoms with E-state index in [-0.39, 0.29) is 11.8 Å². The first kappa shape index (κ1) is 19.2. The number of amides is 1. The fourth-order valence-electron chi connectivity index (χ4n) is 3.88. The molecular formula is C23H25N3O3. The highest BCUT2D eigenvalue weighted by molar-refractivity contribution is 5.91. The summed E-state index contributed by atoms with van der Waals surface area (Å²) in [4.78, 5) is 19.0. The average molecular weight is 391 g/mol. The van der Waals surface area contributed by atoms with Gasteiger partial charge in [0.2, 0.25) is 5.91 Å². The van der Waals surface area contributed by atoms with Crippen LogP contribution in [-0.2, 0) is 11.3 Å². The van der Waals surface area contributed by atoms with Crippen molar-refractivity contribution in [2.45, 2.75) is 19.4 Å². The second-order valence-electron chi connectivity index (χ2n) is 7.40. The van der Waals surface area contributed by atoms with Crippen molar-refractivity contribution in [2.75, 3.05) is 25.5 Å². The average Bonchev–Trinajstić information content (AvgIpc) is 2.76. The van der Waals surface area contributed by atoms with E-state index in [1.165, 1.54) is 0 Å². The molecule has 6 heteroatoms. The highest BCUT2D eigenvalue weighted by Gasteiger charge is 2.26. The molecule has 3 aromatic rings. The zero-order valence-electron chi connectivity index (χ0n) is 16.5. The van der Waals surface area contributed by atoms with Gasteiger partial charge in [0.1, 0.15) is 17.3 Å². The van der Waals surface area contributed by atoms with Gasteiger partial charge in [-0.05, 0) is 67.0 Å². The summed E-state index contributed by atoms with van der Waals surface area (Å²) in [6.07, 6.45) is 3.24. The van der Waals surface area contributed by atoms with Crippen molar-refractivity contribution in [1.29, 1.82) is 0 Å². The third-order valence-electron chi connectivity index (χ3n) is 5.57. The Bertz CT molecular complexity index is 999. The Balaban J connectivity index is 1.42. The number of hydrogen-bond acceptors (Lipinski definition) is 5. The number of rotatable bonds is 5. The first-order valence-corrected chi connectivity index (χ1v) is 9.87. The Morgan fingerprint density at radius 2 is 2.00 bits per heavy atom. The van der Waals surface area contributed by atoms with Crippen molar-refractivity contribution in [1.82, 2.24) is 9.88 Å². The summed E-state index contributed by atoms with van der Waals surface area (Å²) < 4.78 is 5.35. The molecule has 1 fully saturated rings. The van der Waals surface area contributed by atoms with E-state index in [9.17, 15) is 9.90 Å². The van der Waals surface area contributed by atoms with Crippen LogP contribution >= 0.6 is 0 Å². The van der Waals surface area contributed by atoms with E-state index >= 15 is 0 Å². The van der Waals surface area contributed by atoms with Gasteiger partial charge in [0.25, 0.3) is 0 Å². The molecule has 0 atom stereocenters. The molecule has 0 saturated carbocycles. The fourth-order valence-corrected chi connectivity index (χ4v) is 3.88. The molecule has 1 amide bonds. The number of benzene rings is 2. The van der Waals surface area contributed by atoms with Crippen molar-refractivity contribution in [3.05, 3.63) is 60.3 Å². The number of aromatic nitrogens is 1. The maximum absolute atomic E-state index is 12.5. The van der Waals surface area contributed by atoms with Crippen molar-refractivity contribution in [3.8, 4) is 11.5 Å². The van der Waals surface area contributed by atoms with Gasteiger partial charge in [-0.1, -0.05) is 18.2 Å². The van der Waals surface area contributed by atoms with Crippen LogP contribution in [0.3, 0.4) is 0 Å². The SMILES string of the molecule is COc1ccc2ccc(O)c(CN3CCC(C(=O)Nc4ccccn4)CC3)c2c1. The monoisotopic (exact) mass is 391 g/mol. The molecule has 2 aromatic carbocycles. The lowest BCUT2D eigenvalue weighted by Crippen LogP contribution is -2.37. The molecule has 0 aliphatic carbocycles. The number of anilines is 1. The predicted octanol–water partition coefficient (Wildman–Crippen LogP) is 3.80. The van der Waals surface area contributed by atoms with Gasteiger partial charge in [-0.15, -0.1) is 0 Å². The normalized spacial score (nSPS) is 15.3. The van der Waals surface area contributed by atoms with E-state index in [0.717, 1.165) is 48.0 Å². The van der Waals surface area contributed by atoms with Crippen LogP contribution in [-0.4, -0.2) is 41.1 Å². The molecule has 1 aromatic heterocycles. The van der Waals surface area contributed by atoms with Crippen LogP contribution in [0.25, 0.3) is 10.8 Å². The van der Waals surface area contributed by atoms with E-state index in [4.69, 9.17) is 4.74 Å². The van der Waals surface area contributed by atoms with E-state index in [1.54, 1.807) is 25.4 Å². The Morgan fingerprint density at radius 1 is 1.21 bits per heavy atom. The maximum atomic E-state index is 12.5. The molecule has 2 N–H and O–H groups in total. The number of fused-ring (bicyclic) bond motifs is 1. The summed E-state index contributed by atoms with van der Waals surface area (Å²) in [5.41, 5.74) is 0.901. The fraction of sp³-hybridized carbons (Fsp3) is 0.304. The van der Waals surface area contributed by atoms with E-state index < -0.39 is 0 Å². The Kier molecular flexibility index (Phi) is 5.62. The summed E-state index contributed by atoms with van der Waals surface area (Å²) >= 11 is 0. The number of likely N-dealkylation sites (tertiary alicyclic amines) is 1. The maximum Gasteiger partial charge on any atom is 0.228 e. The van der Waals surface area contributed by atoms with Crippen molar-refractivity contribution in [3.63, 3.8) is 0 Å². The molecule has 1 aliphatic heterocycles. The lowest BCUT2D eigenvalue weighted by atomic mass is 9.95. The zero-order valence-corrected chi connectivity index (χ0v) is 16.5. The number of pyridine rings is 1. The number of ether oxygens (including phenoxy) is 1. The molecular weight excluding hydrogens is 366 g/mol. The number of hydrogen-bond donors (Lipinski definition) is 2. The van der Waals surface area contributed by atoms with Crippen LogP contribution in [0.15, 0.2) is 54.7 Å². The number of nitrogens with one attached hydrogen (secondary N) is 1. The van der Waals surface area contributed by atoms with Crippen LogP contribution in [0.1, 0.15) is 18.4 Å². The van der Waals surface area contributed by atoms with Crippen LogP contribution in [0.4, 0.5) is 5.82 Å². The smallest absolute Gasteiger partial charge is 0.228 e. The van der Waals surface area contributed by atoms with Crippen molar-refractivity contribution in [2.24, 2.45) is 5.92 Å². The van der Waals surface area contributed by atoms with Crippen LogP contribution in [0, 0.1) is 5.92 Å². The second kappa shape index (κ2) is 8.49. The number of phenols is 1. The topological polar surface area (TPSA) is 74.7 Å². The highest BCUT2D eigenvalue weighted by atomic mass is 16.5. The number of carbonyl (C=O) groups is 1. The van der Waals surface area contributed by atoms with Gasteiger partial charge in [-0.3, -0.25) is 9.69 Å². The Morgan fingerprint density at radius 3 is 2.72 bits per heavy atom. The largest absolute Gasteiger partial charge is 0.508 e. The Hall–Kier alpha value is -3.12. The van der Waals surface area contributed by atoms with Gasteiger partial charge in [0.05, 0.1) is 7.11 Å². The van der Waals surface area contributed by atoms with Crippen molar-refractivity contribution >= 4 is 22.5 Å². The quantitative estimate of drug-likeness (QED) is 0.692. The number of nitrogens with zero attached hydrogens (tertiary/aromatic N) is 2. The molecule has 0 unspecified atom stereocenters. The van der Waals surface area contributed by atoms with Gasteiger partial charge < -0.3 is 15.2 Å². The number of piperidine rings is 1. The molecule has 4 rings (SSSR count). The number of phenolic OH excluding ortho intramolecular Hbond substituents is 1. The molecule has 0 spiro atoms. The molecule has 6 nitrogen and oxygen atoms in total. The minimum Gasteiger partial charge on any atom is -0.508 e. The summed E-state index contributed by atoms with van der Waals surface area (Å²) in [6, 6.07) is 15.0. The zero-order chi connectivity index (χ0) is 20.2. The third kappa shape index (κ3) is 4.32. The third-order valence-corrected chi connectivity index (χ3v) is 5.57. The molecule has 2 heterocycles.